The molecule has 0 saturated heterocycles. The zero-order chi connectivity index (χ0) is 8.97. The summed E-state index contributed by atoms with van der Waals surface area (Å²) in [7, 11) is 0. The molecule has 0 spiro atoms. The van der Waals surface area contributed by atoms with Crippen molar-refractivity contribution in [3.63, 3.8) is 0 Å². The van der Waals surface area contributed by atoms with Crippen LogP contribution in [0.2, 0.25) is 0 Å². The van der Waals surface area contributed by atoms with E-state index in [0.717, 1.165) is 18.5 Å². The highest BCUT2D eigenvalue weighted by atomic mass is 14.8. The van der Waals surface area contributed by atoms with Gasteiger partial charge in [0.25, 0.3) is 0 Å². The van der Waals surface area contributed by atoms with Gasteiger partial charge in [-0.3, -0.25) is 9.97 Å². The molecule has 0 aliphatic carbocycles. The average molecular weight is 164 g/mol. The standard InChI is InChI=1S/C10H16N2/c1-4-8(3)10-9(5-2)11-6-7-12-10/h6-8H,4-5H2,1-3H3. The smallest absolute Gasteiger partial charge is 0.0646 e. The molecular formula is C10H16N2. The third kappa shape index (κ3) is 1.81. The van der Waals surface area contributed by atoms with Crippen molar-refractivity contribution in [2.24, 2.45) is 0 Å². The Morgan fingerprint density at radius 1 is 1.25 bits per heavy atom. The van der Waals surface area contributed by atoms with Gasteiger partial charge >= 0.3 is 0 Å². The van der Waals surface area contributed by atoms with E-state index in [0.29, 0.717) is 5.92 Å². The van der Waals surface area contributed by atoms with Crippen LogP contribution in [0, 0.1) is 0 Å². The van der Waals surface area contributed by atoms with E-state index < -0.39 is 0 Å². The lowest BCUT2D eigenvalue weighted by atomic mass is 10.0. The van der Waals surface area contributed by atoms with Gasteiger partial charge in [0, 0.05) is 12.4 Å². The minimum absolute atomic E-state index is 0.536. The SMILES string of the molecule is CCc1nccnc1C(C)CC. The fourth-order valence-electron chi connectivity index (χ4n) is 1.26. The van der Waals surface area contributed by atoms with Crippen molar-refractivity contribution in [1.29, 1.82) is 0 Å². The predicted octanol–water partition coefficient (Wildman–Crippen LogP) is 2.55. The molecule has 1 aromatic rings. The van der Waals surface area contributed by atoms with Gasteiger partial charge in [0.2, 0.25) is 0 Å². The minimum atomic E-state index is 0.536. The lowest BCUT2D eigenvalue weighted by Crippen LogP contribution is -2.02. The quantitative estimate of drug-likeness (QED) is 0.686. The number of nitrogens with zero attached hydrogens (tertiary/aromatic N) is 2. The first-order valence-corrected chi connectivity index (χ1v) is 4.59. The number of rotatable bonds is 3. The summed E-state index contributed by atoms with van der Waals surface area (Å²) in [5.41, 5.74) is 2.31. The molecule has 0 amide bonds. The third-order valence-electron chi connectivity index (χ3n) is 2.22. The van der Waals surface area contributed by atoms with Crippen molar-refractivity contribution in [2.75, 3.05) is 0 Å². The Labute approximate surface area is 74.1 Å². The van der Waals surface area contributed by atoms with E-state index in [4.69, 9.17) is 0 Å². The molecule has 0 aromatic carbocycles. The summed E-state index contributed by atoms with van der Waals surface area (Å²) in [6.07, 6.45) is 5.66. The van der Waals surface area contributed by atoms with Crippen LogP contribution in [0.3, 0.4) is 0 Å². The van der Waals surface area contributed by atoms with Crippen LogP contribution in [0.5, 0.6) is 0 Å². The van der Waals surface area contributed by atoms with Crippen LogP contribution >= 0.6 is 0 Å². The Hall–Kier alpha value is -0.920. The van der Waals surface area contributed by atoms with Gasteiger partial charge in [0.15, 0.2) is 0 Å². The maximum Gasteiger partial charge on any atom is 0.0646 e. The summed E-state index contributed by atoms with van der Waals surface area (Å²) in [4.78, 5) is 8.66. The topological polar surface area (TPSA) is 25.8 Å². The number of hydrogen-bond acceptors (Lipinski definition) is 2. The molecule has 1 heterocycles. The maximum absolute atomic E-state index is 4.36. The lowest BCUT2D eigenvalue weighted by Gasteiger charge is -2.10. The summed E-state index contributed by atoms with van der Waals surface area (Å²) in [6.45, 7) is 6.50. The summed E-state index contributed by atoms with van der Waals surface area (Å²) >= 11 is 0. The molecule has 66 valence electrons. The highest BCUT2D eigenvalue weighted by Gasteiger charge is 2.08. The zero-order valence-corrected chi connectivity index (χ0v) is 8.04. The van der Waals surface area contributed by atoms with Crippen molar-refractivity contribution in [3.05, 3.63) is 23.8 Å². The van der Waals surface area contributed by atoms with E-state index in [1.165, 1.54) is 5.69 Å². The van der Waals surface area contributed by atoms with Crippen LogP contribution in [0.4, 0.5) is 0 Å². The maximum atomic E-state index is 4.36. The molecule has 0 radical (unpaired) electrons. The summed E-state index contributed by atoms with van der Waals surface area (Å²) in [5, 5.41) is 0. The second-order valence-electron chi connectivity index (χ2n) is 3.05. The summed E-state index contributed by atoms with van der Waals surface area (Å²) in [6, 6.07) is 0. The van der Waals surface area contributed by atoms with E-state index in [9.17, 15) is 0 Å². The molecule has 0 aliphatic rings. The van der Waals surface area contributed by atoms with Gasteiger partial charge in [-0.05, 0) is 18.8 Å². The van der Waals surface area contributed by atoms with Crippen LogP contribution in [-0.2, 0) is 6.42 Å². The summed E-state index contributed by atoms with van der Waals surface area (Å²) in [5.74, 6) is 0.536. The predicted molar refractivity (Wildman–Crippen MR) is 50.1 cm³/mol. The molecule has 1 unspecified atom stereocenters. The third-order valence-corrected chi connectivity index (χ3v) is 2.22. The first-order chi connectivity index (χ1) is 5.79. The Kier molecular flexibility index (Phi) is 3.20. The fraction of sp³-hybridized carbons (Fsp3) is 0.600. The van der Waals surface area contributed by atoms with E-state index in [-0.39, 0.29) is 0 Å². The normalized spacial score (nSPS) is 12.9. The zero-order valence-electron chi connectivity index (χ0n) is 8.04. The molecule has 0 saturated carbocycles. The Morgan fingerprint density at radius 3 is 2.50 bits per heavy atom. The highest BCUT2D eigenvalue weighted by molar-refractivity contribution is 5.14. The van der Waals surface area contributed by atoms with E-state index in [2.05, 4.69) is 30.7 Å². The molecule has 0 aliphatic heterocycles. The molecule has 12 heavy (non-hydrogen) atoms. The first kappa shape index (κ1) is 9.17. The van der Waals surface area contributed by atoms with Crippen molar-refractivity contribution >= 4 is 0 Å². The largest absolute Gasteiger partial charge is 0.258 e. The number of hydrogen-bond donors (Lipinski definition) is 0. The van der Waals surface area contributed by atoms with Crippen molar-refractivity contribution in [2.45, 2.75) is 39.5 Å². The van der Waals surface area contributed by atoms with Crippen LogP contribution in [0.1, 0.15) is 44.5 Å². The van der Waals surface area contributed by atoms with Crippen molar-refractivity contribution in [1.82, 2.24) is 9.97 Å². The number of aromatic nitrogens is 2. The van der Waals surface area contributed by atoms with Crippen LogP contribution in [-0.4, -0.2) is 9.97 Å². The fourth-order valence-corrected chi connectivity index (χ4v) is 1.26. The second-order valence-corrected chi connectivity index (χ2v) is 3.05. The Bertz CT molecular complexity index is 245. The highest BCUT2D eigenvalue weighted by Crippen LogP contribution is 2.18. The van der Waals surface area contributed by atoms with Crippen LogP contribution in [0.25, 0.3) is 0 Å². The van der Waals surface area contributed by atoms with Gasteiger partial charge in [-0.2, -0.15) is 0 Å². The Morgan fingerprint density at radius 2 is 1.92 bits per heavy atom. The molecule has 0 N–H and O–H groups in total. The van der Waals surface area contributed by atoms with E-state index in [1.807, 2.05) is 0 Å². The average Bonchev–Trinajstić information content (AvgIpc) is 2.16. The van der Waals surface area contributed by atoms with Gasteiger partial charge in [0.05, 0.1) is 11.4 Å². The van der Waals surface area contributed by atoms with E-state index >= 15 is 0 Å². The van der Waals surface area contributed by atoms with Crippen molar-refractivity contribution < 1.29 is 0 Å². The van der Waals surface area contributed by atoms with Gasteiger partial charge in [-0.15, -0.1) is 0 Å². The van der Waals surface area contributed by atoms with Crippen LogP contribution in [0.15, 0.2) is 12.4 Å². The molecular weight excluding hydrogens is 148 g/mol. The second kappa shape index (κ2) is 4.19. The first-order valence-electron chi connectivity index (χ1n) is 4.59. The molecule has 1 aromatic heterocycles. The molecule has 0 fully saturated rings. The molecule has 2 nitrogen and oxygen atoms in total. The van der Waals surface area contributed by atoms with Crippen LogP contribution < -0.4 is 0 Å². The molecule has 0 bridgehead atoms. The summed E-state index contributed by atoms with van der Waals surface area (Å²) < 4.78 is 0. The Balaban J connectivity index is 2.96. The van der Waals surface area contributed by atoms with E-state index in [1.54, 1.807) is 12.4 Å². The molecule has 1 atom stereocenters. The number of aryl methyl sites for hydroxylation is 1. The van der Waals surface area contributed by atoms with Gasteiger partial charge in [-0.1, -0.05) is 20.8 Å². The van der Waals surface area contributed by atoms with Gasteiger partial charge < -0.3 is 0 Å². The minimum Gasteiger partial charge on any atom is -0.258 e. The lowest BCUT2D eigenvalue weighted by molar-refractivity contribution is 0.686. The monoisotopic (exact) mass is 164 g/mol. The molecule has 2 heteroatoms. The van der Waals surface area contributed by atoms with Gasteiger partial charge in [0.1, 0.15) is 0 Å². The molecule has 1 rings (SSSR count). The van der Waals surface area contributed by atoms with Crippen molar-refractivity contribution in [3.8, 4) is 0 Å². The van der Waals surface area contributed by atoms with Gasteiger partial charge in [-0.25, -0.2) is 0 Å².